The van der Waals surface area contributed by atoms with Crippen LogP contribution in [0, 0.1) is 0 Å². The first-order chi connectivity index (χ1) is 7.81. The van der Waals surface area contributed by atoms with Crippen LogP contribution >= 0.6 is 0 Å². The molecule has 88 valence electrons. The number of aliphatic hydroxyl groups excluding tert-OH is 1. The molecule has 1 atom stereocenters. The number of hydrogen-bond donors (Lipinski definition) is 1. The highest BCUT2D eigenvalue weighted by Gasteiger charge is 2.22. The van der Waals surface area contributed by atoms with Crippen LogP contribution in [-0.2, 0) is 6.42 Å². The van der Waals surface area contributed by atoms with Gasteiger partial charge in [0.1, 0.15) is 0 Å². The van der Waals surface area contributed by atoms with E-state index in [0.29, 0.717) is 6.04 Å². The smallest absolute Gasteiger partial charge is 0.0434 e. The van der Waals surface area contributed by atoms with Crippen LogP contribution in [0.15, 0.2) is 18.3 Å². The summed E-state index contributed by atoms with van der Waals surface area (Å²) < 4.78 is 0. The molecule has 2 rings (SSSR count). The standard InChI is InChI=1S/C13H20N2O/c1-15-8-2-5-13(15)11-6-7-12(14-10-11)4-3-9-16/h6-7,10,13,16H,2-5,8-9H2,1H3. The van der Waals surface area contributed by atoms with Crippen molar-refractivity contribution in [3.05, 3.63) is 29.6 Å². The number of pyridine rings is 1. The van der Waals surface area contributed by atoms with Crippen LogP contribution in [0.4, 0.5) is 0 Å². The first kappa shape index (κ1) is 11.6. The van der Waals surface area contributed by atoms with Crippen LogP contribution in [0.5, 0.6) is 0 Å². The highest BCUT2D eigenvalue weighted by Crippen LogP contribution is 2.29. The van der Waals surface area contributed by atoms with E-state index in [1.54, 1.807) is 0 Å². The van der Waals surface area contributed by atoms with Gasteiger partial charge in [0, 0.05) is 24.5 Å². The zero-order valence-corrected chi connectivity index (χ0v) is 9.89. The lowest BCUT2D eigenvalue weighted by Crippen LogP contribution is -2.17. The molecule has 0 aliphatic carbocycles. The largest absolute Gasteiger partial charge is 0.396 e. The van der Waals surface area contributed by atoms with E-state index in [1.165, 1.54) is 24.9 Å². The molecule has 1 aliphatic rings. The van der Waals surface area contributed by atoms with Crippen molar-refractivity contribution in [2.45, 2.75) is 31.7 Å². The molecule has 3 heteroatoms. The molecule has 3 nitrogen and oxygen atoms in total. The predicted octanol–water partition coefficient (Wildman–Crippen LogP) is 1.77. The zero-order chi connectivity index (χ0) is 11.4. The van der Waals surface area contributed by atoms with Crippen molar-refractivity contribution in [2.24, 2.45) is 0 Å². The van der Waals surface area contributed by atoms with E-state index < -0.39 is 0 Å². The monoisotopic (exact) mass is 220 g/mol. The summed E-state index contributed by atoms with van der Waals surface area (Å²) in [7, 11) is 2.18. The normalized spacial score (nSPS) is 21.5. The van der Waals surface area contributed by atoms with Gasteiger partial charge in [0.05, 0.1) is 0 Å². The topological polar surface area (TPSA) is 36.4 Å². The third-order valence-corrected chi connectivity index (χ3v) is 3.34. The van der Waals surface area contributed by atoms with E-state index in [0.717, 1.165) is 18.5 Å². The maximum atomic E-state index is 8.76. The van der Waals surface area contributed by atoms with Crippen molar-refractivity contribution in [1.29, 1.82) is 0 Å². The molecule has 0 amide bonds. The molecule has 1 saturated heterocycles. The molecule has 0 spiro atoms. The quantitative estimate of drug-likeness (QED) is 0.840. The van der Waals surface area contributed by atoms with Gasteiger partial charge in [-0.25, -0.2) is 0 Å². The van der Waals surface area contributed by atoms with Gasteiger partial charge in [-0.2, -0.15) is 0 Å². The van der Waals surface area contributed by atoms with E-state index in [2.05, 4.69) is 29.1 Å². The van der Waals surface area contributed by atoms with Crippen LogP contribution in [0.2, 0.25) is 0 Å². The van der Waals surface area contributed by atoms with Crippen molar-refractivity contribution in [3.63, 3.8) is 0 Å². The zero-order valence-electron chi connectivity index (χ0n) is 9.89. The van der Waals surface area contributed by atoms with E-state index >= 15 is 0 Å². The summed E-state index contributed by atoms with van der Waals surface area (Å²) in [6.45, 7) is 1.44. The number of aliphatic hydroxyl groups is 1. The van der Waals surface area contributed by atoms with Crippen LogP contribution in [0.25, 0.3) is 0 Å². The molecule has 1 N–H and O–H groups in total. The number of rotatable bonds is 4. The fourth-order valence-electron chi connectivity index (χ4n) is 2.37. The fourth-order valence-corrected chi connectivity index (χ4v) is 2.37. The van der Waals surface area contributed by atoms with E-state index in [1.807, 2.05) is 6.20 Å². The van der Waals surface area contributed by atoms with E-state index in [4.69, 9.17) is 5.11 Å². The molecule has 1 fully saturated rings. The summed E-state index contributed by atoms with van der Waals surface area (Å²) >= 11 is 0. The summed E-state index contributed by atoms with van der Waals surface area (Å²) in [5, 5.41) is 8.76. The molecule has 0 bridgehead atoms. The Labute approximate surface area is 97.1 Å². The third-order valence-electron chi connectivity index (χ3n) is 3.34. The Morgan fingerprint density at radius 3 is 2.94 bits per heavy atom. The van der Waals surface area contributed by atoms with Crippen LogP contribution in [0.1, 0.15) is 36.6 Å². The maximum Gasteiger partial charge on any atom is 0.0434 e. The number of likely N-dealkylation sites (tertiary alicyclic amines) is 1. The minimum Gasteiger partial charge on any atom is -0.396 e. The van der Waals surface area contributed by atoms with Crippen molar-refractivity contribution >= 4 is 0 Å². The third kappa shape index (κ3) is 2.60. The minimum absolute atomic E-state index is 0.245. The summed E-state index contributed by atoms with van der Waals surface area (Å²) in [4.78, 5) is 6.85. The first-order valence-corrected chi connectivity index (χ1v) is 6.07. The SMILES string of the molecule is CN1CCCC1c1ccc(CCCO)nc1. The number of aromatic nitrogens is 1. The molecule has 1 unspecified atom stereocenters. The molecular weight excluding hydrogens is 200 g/mol. The summed E-state index contributed by atoms with van der Waals surface area (Å²) in [6, 6.07) is 4.84. The molecular formula is C13H20N2O. The number of hydrogen-bond acceptors (Lipinski definition) is 3. The van der Waals surface area contributed by atoms with Gasteiger partial charge in [0.25, 0.3) is 0 Å². The van der Waals surface area contributed by atoms with Crippen molar-refractivity contribution in [3.8, 4) is 0 Å². The van der Waals surface area contributed by atoms with Crippen molar-refractivity contribution in [1.82, 2.24) is 9.88 Å². The van der Waals surface area contributed by atoms with Gasteiger partial charge >= 0.3 is 0 Å². The molecule has 0 saturated carbocycles. The molecule has 0 aromatic carbocycles. The van der Waals surface area contributed by atoms with Gasteiger partial charge in [-0.15, -0.1) is 0 Å². The number of nitrogens with zero attached hydrogens (tertiary/aromatic N) is 2. The van der Waals surface area contributed by atoms with Gasteiger partial charge in [0.2, 0.25) is 0 Å². The van der Waals surface area contributed by atoms with Crippen LogP contribution in [-0.4, -0.2) is 35.2 Å². The summed E-state index contributed by atoms with van der Waals surface area (Å²) in [6.07, 6.45) is 6.20. The highest BCUT2D eigenvalue weighted by molar-refractivity contribution is 5.19. The van der Waals surface area contributed by atoms with Gasteiger partial charge in [-0.3, -0.25) is 9.88 Å². The van der Waals surface area contributed by atoms with Crippen LogP contribution < -0.4 is 0 Å². The minimum atomic E-state index is 0.245. The Morgan fingerprint density at radius 1 is 1.50 bits per heavy atom. The van der Waals surface area contributed by atoms with Gasteiger partial charge < -0.3 is 5.11 Å². The van der Waals surface area contributed by atoms with Gasteiger partial charge in [-0.05, 0) is 50.9 Å². The average molecular weight is 220 g/mol. The Kier molecular flexibility index (Phi) is 3.91. The molecule has 0 radical (unpaired) electrons. The predicted molar refractivity (Wildman–Crippen MR) is 64.2 cm³/mol. The van der Waals surface area contributed by atoms with Crippen molar-refractivity contribution in [2.75, 3.05) is 20.2 Å². The van der Waals surface area contributed by atoms with Gasteiger partial charge in [0.15, 0.2) is 0 Å². The lowest BCUT2D eigenvalue weighted by atomic mass is 10.1. The Balaban J connectivity index is 2.01. The summed E-state index contributed by atoms with van der Waals surface area (Å²) in [5.41, 5.74) is 2.41. The second kappa shape index (κ2) is 5.41. The first-order valence-electron chi connectivity index (χ1n) is 6.07. The average Bonchev–Trinajstić information content (AvgIpc) is 2.74. The molecule has 1 aromatic heterocycles. The van der Waals surface area contributed by atoms with E-state index in [9.17, 15) is 0 Å². The Hall–Kier alpha value is -0.930. The molecule has 1 aromatic rings. The van der Waals surface area contributed by atoms with Crippen LogP contribution in [0.3, 0.4) is 0 Å². The lowest BCUT2D eigenvalue weighted by molar-refractivity contribution is 0.288. The molecule has 2 heterocycles. The molecule has 16 heavy (non-hydrogen) atoms. The Morgan fingerprint density at radius 2 is 2.38 bits per heavy atom. The lowest BCUT2D eigenvalue weighted by Gasteiger charge is -2.19. The van der Waals surface area contributed by atoms with E-state index in [-0.39, 0.29) is 6.61 Å². The maximum absolute atomic E-state index is 8.76. The molecule has 1 aliphatic heterocycles. The fraction of sp³-hybridized carbons (Fsp3) is 0.615. The second-order valence-corrected chi connectivity index (χ2v) is 4.55. The second-order valence-electron chi connectivity index (χ2n) is 4.55. The van der Waals surface area contributed by atoms with Crippen molar-refractivity contribution < 1.29 is 5.11 Å². The Bertz CT molecular complexity index is 323. The highest BCUT2D eigenvalue weighted by atomic mass is 16.2. The van der Waals surface area contributed by atoms with Gasteiger partial charge in [-0.1, -0.05) is 6.07 Å². The number of aryl methyl sites for hydroxylation is 1. The summed E-state index contributed by atoms with van der Waals surface area (Å²) in [5.74, 6) is 0.